The number of alkyl halides is 3. The van der Waals surface area contributed by atoms with E-state index in [1.807, 2.05) is 0 Å². The van der Waals surface area contributed by atoms with Gasteiger partial charge in [-0.25, -0.2) is 4.79 Å². The van der Waals surface area contributed by atoms with Crippen molar-refractivity contribution >= 4 is 23.2 Å². The zero-order valence-electron chi connectivity index (χ0n) is 14.0. The monoisotopic (exact) mass is 410 g/mol. The second-order valence-corrected chi connectivity index (χ2v) is 6.57. The van der Waals surface area contributed by atoms with E-state index in [2.05, 4.69) is 0 Å². The first-order valence-corrected chi connectivity index (χ1v) is 8.20. The van der Waals surface area contributed by atoms with Crippen molar-refractivity contribution < 1.29 is 17.9 Å². The van der Waals surface area contributed by atoms with Gasteiger partial charge in [-0.2, -0.15) is 13.2 Å². The summed E-state index contributed by atoms with van der Waals surface area (Å²) in [5.74, 6) is 0.322. The topological polar surface area (TPSA) is 53.2 Å². The minimum absolute atomic E-state index is 0.0543. The summed E-state index contributed by atoms with van der Waals surface area (Å²) >= 11 is 12.3. The lowest BCUT2D eigenvalue weighted by Gasteiger charge is -2.16. The molecule has 0 saturated heterocycles. The molecule has 10 heteroatoms. The highest BCUT2D eigenvalue weighted by atomic mass is 35.5. The maximum absolute atomic E-state index is 12.9. The molecule has 0 saturated carbocycles. The van der Waals surface area contributed by atoms with E-state index in [0.717, 1.165) is 7.05 Å². The predicted molar refractivity (Wildman–Crippen MR) is 92.3 cm³/mol. The molecule has 0 aliphatic heterocycles. The largest absolute Gasteiger partial charge is 0.489 e. The molecule has 0 amide bonds. The fourth-order valence-corrected chi connectivity index (χ4v) is 2.74. The van der Waals surface area contributed by atoms with E-state index in [1.54, 1.807) is 13.8 Å². The van der Waals surface area contributed by atoms with Crippen molar-refractivity contribution in [1.29, 1.82) is 0 Å². The highest BCUT2D eigenvalue weighted by molar-refractivity contribution is 6.43. The quantitative estimate of drug-likeness (QED) is 0.771. The maximum atomic E-state index is 12.9. The van der Waals surface area contributed by atoms with E-state index in [1.165, 1.54) is 12.1 Å². The Morgan fingerprint density at radius 3 is 2.31 bits per heavy atom. The van der Waals surface area contributed by atoms with Gasteiger partial charge in [0.1, 0.15) is 16.5 Å². The number of hydrogen-bond acceptors (Lipinski definition) is 3. The summed E-state index contributed by atoms with van der Waals surface area (Å²) in [5, 5.41) is 0.147. The number of rotatable bonds is 4. The molecule has 0 aliphatic carbocycles. The SMILES string of the molecule is CC(C)Oc1ccc(Cn2c(=O)cc(C(F)(F)F)n(C)c2=O)c(Cl)c1Cl. The van der Waals surface area contributed by atoms with E-state index in [-0.39, 0.29) is 22.7 Å². The standard InChI is InChI=1S/C16H15Cl2F3N2O3/c1-8(2)26-10-5-4-9(13(17)14(10)18)7-23-12(24)6-11(16(19,20)21)22(3)15(23)25/h4-6,8H,7H2,1-3H3. The number of benzene rings is 1. The summed E-state index contributed by atoms with van der Waals surface area (Å²) in [6, 6.07) is 3.38. The molecule has 0 aliphatic rings. The second-order valence-electron chi connectivity index (χ2n) is 5.81. The summed E-state index contributed by atoms with van der Waals surface area (Å²) in [6.45, 7) is 3.26. The predicted octanol–water partition coefficient (Wildman–Crippen LogP) is 3.71. The Kier molecular flexibility index (Phi) is 5.77. The van der Waals surface area contributed by atoms with Crippen LogP contribution in [-0.2, 0) is 19.8 Å². The van der Waals surface area contributed by atoms with Gasteiger partial charge in [0.05, 0.1) is 17.7 Å². The number of nitrogens with zero attached hydrogens (tertiary/aromatic N) is 2. The van der Waals surface area contributed by atoms with Gasteiger partial charge >= 0.3 is 11.9 Å². The Balaban J connectivity index is 2.50. The van der Waals surface area contributed by atoms with Crippen LogP contribution in [-0.4, -0.2) is 15.2 Å². The van der Waals surface area contributed by atoms with Gasteiger partial charge < -0.3 is 4.74 Å². The molecule has 2 aromatic rings. The minimum Gasteiger partial charge on any atom is -0.489 e. The van der Waals surface area contributed by atoms with Gasteiger partial charge in [0.2, 0.25) is 0 Å². The van der Waals surface area contributed by atoms with Crippen molar-refractivity contribution in [2.24, 2.45) is 7.05 Å². The van der Waals surface area contributed by atoms with E-state index in [9.17, 15) is 22.8 Å². The molecule has 0 spiro atoms. The van der Waals surface area contributed by atoms with Gasteiger partial charge in [-0.15, -0.1) is 0 Å². The Morgan fingerprint density at radius 2 is 1.77 bits per heavy atom. The van der Waals surface area contributed by atoms with E-state index in [4.69, 9.17) is 27.9 Å². The first-order valence-electron chi connectivity index (χ1n) is 7.45. The van der Waals surface area contributed by atoms with Crippen molar-refractivity contribution in [3.05, 3.63) is 60.3 Å². The molecule has 0 bridgehead atoms. The van der Waals surface area contributed by atoms with Crippen LogP contribution in [0.3, 0.4) is 0 Å². The summed E-state index contributed by atoms with van der Waals surface area (Å²) in [7, 11) is 0.940. The third kappa shape index (κ3) is 4.07. The van der Waals surface area contributed by atoms with Crippen molar-refractivity contribution in [2.45, 2.75) is 32.7 Å². The number of hydrogen-bond donors (Lipinski definition) is 0. The summed E-state index contributed by atoms with van der Waals surface area (Å²) < 4.78 is 45.1. The molecule has 26 heavy (non-hydrogen) atoms. The number of ether oxygens (including phenoxy) is 1. The molecule has 0 N–H and O–H groups in total. The van der Waals surface area contributed by atoms with Crippen LogP contribution in [0.1, 0.15) is 25.1 Å². The van der Waals surface area contributed by atoms with E-state index in [0.29, 0.717) is 26.5 Å². The van der Waals surface area contributed by atoms with Gasteiger partial charge in [0, 0.05) is 13.1 Å². The highest BCUT2D eigenvalue weighted by Gasteiger charge is 2.35. The first-order chi connectivity index (χ1) is 11.9. The average molecular weight is 411 g/mol. The van der Waals surface area contributed by atoms with Gasteiger partial charge in [-0.1, -0.05) is 29.3 Å². The molecular formula is C16H15Cl2F3N2O3. The molecular weight excluding hydrogens is 396 g/mol. The minimum atomic E-state index is -4.82. The third-order valence-electron chi connectivity index (χ3n) is 3.51. The lowest BCUT2D eigenvalue weighted by molar-refractivity contribution is -0.144. The van der Waals surface area contributed by atoms with Crippen LogP contribution in [0.4, 0.5) is 13.2 Å². The maximum Gasteiger partial charge on any atom is 0.431 e. The van der Waals surface area contributed by atoms with Crippen molar-refractivity contribution in [2.75, 3.05) is 0 Å². The molecule has 0 radical (unpaired) electrons. The van der Waals surface area contributed by atoms with Crippen LogP contribution in [0.25, 0.3) is 0 Å². The molecule has 0 fully saturated rings. The second kappa shape index (κ2) is 7.36. The lowest BCUT2D eigenvalue weighted by atomic mass is 10.2. The lowest BCUT2D eigenvalue weighted by Crippen LogP contribution is -2.41. The normalized spacial score (nSPS) is 11.9. The third-order valence-corrected chi connectivity index (χ3v) is 4.42. The Bertz CT molecular complexity index is 949. The highest BCUT2D eigenvalue weighted by Crippen LogP contribution is 2.35. The zero-order chi connectivity index (χ0) is 19.8. The fourth-order valence-electron chi connectivity index (χ4n) is 2.30. The summed E-state index contributed by atoms with van der Waals surface area (Å²) in [5.41, 5.74) is -3.23. The summed E-state index contributed by atoms with van der Waals surface area (Å²) in [4.78, 5) is 24.2. The molecule has 1 heterocycles. The number of halogens is 5. The van der Waals surface area contributed by atoms with E-state index < -0.39 is 23.1 Å². The van der Waals surface area contributed by atoms with Crippen molar-refractivity contribution in [3.63, 3.8) is 0 Å². The molecule has 0 unspecified atom stereocenters. The van der Waals surface area contributed by atoms with Gasteiger partial charge in [-0.3, -0.25) is 13.9 Å². The van der Waals surface area contributed by atoms with Crippen LogP contribution in [0.2, 0.25) is 10.0 Å². The van der Waals surface area contributed by atoms with Crippen molar-refractivity contribution in [1.82, 2.24) is 9.13 Å². The molecule has 5 nitrogen and oxygen atoms in total. The van der Waals surface area contributed by atoms with Gasteiger partial charge in [-0.05, 0) is 25.5 Å². The van der Waals surface area contributed by atoms with Crippen molar-refractivity contribution in [3.8, 4) is 5.75 Å². The molecule has 1 aromatic carbocycles. The number of aromatic nitrogens is 2. The Morgan fingerprint density at radius 1 is 1.15 bits per heavy atom. The van der Waals surface area contributed by atoms with Crippen LogP contribution in [0.15, 0.2) is 27.8 Å². The first kappa shape index (κ1) is 20.4. The van der Waals surface area contributed by atoms with Gasteiger partial charge in [0.15, 0.2) is 0 Å². The molecule has 1 aromatic heterocycles. The molecule has 2 rings (SSSR count). The molecule has 0 atom stereocenters. The van der Waals surface area contributed by atoms with Crippen LogP contribution >= 0.6 is 23.2 Å². The van der Waals surface area contributed by atoms with E-state index >= 15 is 0 Å². The molecule has 142 valence electrons. The van der Waals surface area contributed by atoms with Gasteiger partial charge in [0.25, 0.3) is 5.56 Å². The fraction of sp³-hybridized carbons (Fsp3) is 0.375. The van der Waals surface area contributed by atoms with Crippen LogP contribution in [0.5, 0.6) is 5.75 Å². The van der Waals surface area contributed by atoms with Crippen LogP contribution in [0, 0.1) is 0 Å². The zero-order valence-corrected chi connectivity index (χ0v) is 15.5. The smallest absolute Gasteiger partial charge is 0.431 e. The Labute approximate surface area is 156 Å². The summed E-state index contributed by atoms with van der Waals surface area (Å²) in [6.07, 6.45) is -4.97. The van der Waals surface area contributed by atoms with Crippen LogP contribution < -0.4 is 16.0 Å². The average Bonchev–Trinajstić information content (AvgIpc) is 2.52. The Hall–Kier alpha value is -1.93.